The Morgan fingerprint density at radius 1 is 1.52 bits per heavy atom. The Bertz CT molecular complexity index is 595. The van der Waals surface area contributed by atoms with Gasteiger partial charge < -0.3 is 4.74 Å². The molecule has 0 bridgehead atoms. The standard InChI is InChI=1S/C16H21FN2O3S/c1-23-13-4-14-12(2-11(3-15(14)17)16(20)18-21)6-19(7-13)5-10-8-22-9-10/h2-3,10,13,21H,4-9H2,1H3,(H,18,20). The largest absolute Gasteiger partial charge is 0.381 e. The van der Waals surface area contributed by atoms with Gasteiger partial charge in [0, 0.05) is 36.4 Å². The number of halogens is 1. The van der Waals surface area contributed by atoms with Gasteiger partial charge in [-0.15, -0.1) is 0 Å². The first-order valence-electron chi connectivity index (χ1n) is 7.69. The third kappa shape index (κ3) is 3.68. The molecule has 1 saturated heterocycles. The molecular formula is C16H21FN2O3S. The molecule has 1 aromatic carbocycles. The van der Waals surface area contributed by atoms with Crippen molar-refractivity contribution in [2.75, 3.05) is 32.6 Å². The van der Waals surface area contributed by atoms with Crippen molar-refractivity contribution in [2.45, 2.75) is 18.2 Å². The average Bonchev–Trinajstić information content (AvgIpc) is 2.69. The van der Waals surface area contributed by atoms with Crippen LogP contribution in [0.4, 0.5) is 4.39 Å². The van der Waals surface area contributed by atoms with Crippen LogP contribution in [0.3, 0.4) is 0 Å². The number of rotatable bonds is 4. The zero-order chi connectivity index (χ0) is 16.4. The molecule has 0 aliphatic carbocycles. The molecule has 1 atom stereocenters. The van der Waals surface area contributed by atoms with Crippen molar-refractivity contribution in [1.29, 1.82) is 0 Å². The highest BCUT2D eigenvalue weighted by molar-refractivity contribution is 7.99. The maximum absolute atomic E-state index is 14.5. The lowest BCUT2D eigenvalue weighted by molar-refractivity contribution is -0.0471. The first kappa shape index (κ1) is 16.7. The fraction of sp³-hybridized carbons (Fsp3) is 0.562. The van der Waals surface area contributed by atoms with Crippen LogP contribution in [0, 0.1) is 11.7 Å². The van der Waals surface area contributed by atoms with E-state index in [1.165, 1.54) is 6.07 Å². The molecule has 2 heterocycles. The van der Waals surface area contributed by atoms with Gasteiger partial charge in [-0.3, -0.25) is 14.9 Å². The minimum absolute atomic E-state index is 0.151. The first-order valence-corrected chi connectivity index (χ1v) is 8.98. The van der Waals surface area contributed by atoms with Crippen molar-refractivity contribution in [3.05, 3.63) is 34.6 Å². The number of hydrogen-bond acceptors (Lipinski definition) is 5. The van der Waals surface area contributed by atoms with Gasteiger partial charge in [-0.05, 0) is 35.9 Å². The zero-order valence-corrected chi connectivity index (χ0v) is 13.9. The Labute approximate surface area is 139 Å². The van der Waals surface area contributed by atoms with Crippen LogP contribution in [-0.2, 0) is 17.7 Å². The summed E-state index contributed by atoms with van der Waals surface area (Å²) < 4.78 is 19.7. The number of hydrogen-bond donors (Lipinski definition) is 2. The molecule has 126 valence electrons. The molecule has 0 saturated carbocycles. The van der Waals surface area contributed by atoms with E-state index >= 15 is 0 Å². The lowest BCUT2D eigenvalue weighted by Gasteiger charge is -2.32. The minimum Gasteiger partial charge on any atom is -0.381 e. The van der Waals surface area contributed by atoms with Gasteiger partial charge in [0.2, 0.25) is 0 Å². The number of carbonyl (C=O) groups is 1. The van der Waals surface area contributed by atoms with Gasteiger partial charge in [0.15, 0.2) is 0 Å². The van der Waals surface area contributed by atoms with Crippen LogP contribution in [0.25, 0.3) is 0 Å². The number of carbonyl (C=O) groups excluding carboxylic acids is 1. The fourth-order valence-electron chi connectivity index (χ4n) is 3.20. The van der Waals surface area contributed by atoms with E-state index in [2.05, 4.69) is 4.90 Å². The Morgan fingerprint density at radius 3 is 2.91 bits per heavy atom. The van der Waals surface area contributed by atoms with Gasteiger partial charge >= 0.3 is 0 Å². The second kappa shape index (κ2) is 7.17. The predicted molar refractivity (Wildman–Crippen MR) is 86.2 cm³/mol. The van der Waals surface area contributed by atoms with Crippen molar-refractivity contribution in [2.24, 2.45) is 5.92 Å². The quantitative estimate of drug-likeness (QED) is 0.645. The molecule has 23 heavy (non-hydrogen) atoms. The average molecular weight is 340 g/mol. The molecule has 2 N–H and O–H groups in total. The van der Waals surface area contributed by atoms with E-state index in [-0.39, 0.29) is 11.4 Å². The van der Waals surface area contributed by atoms with Crippen molar-refractivity contribution < 1.29 is 19.1 Å². The van der Waals surface area contributed by atoms with Gasteiger partial charge in [0.1, 0.15) is 5.82 Å². The van der Waals surface area contributed by atoms with E-state index in [0.29, 0.717) is 29.7 Å². The van der Waals surface area contributed by atoms with Crippen LogP contribution < -0.4 is 5.48 Å². The van der Waals surface area contributed by atoms with Crippen LogP contribution in [0.5, 0.6) is 0 Å². The summed E-state index contributed by atoms with van der Waals surface area (Å²) in [5.74, 6) is -0.516. The Morgan fingerprint density at radius 2 is 2.30 bits per heavy atom. The lowest BCUT2D eigenvalue weighted by Crippen LogP contribution is -2.41. The van der Waals surface area contributed by atoms with E-state index in [1.807, 2.05) is 6.26 Å². The maximum atomic E-state index is 14.5. The SMILES string of the molecule is CSC1Cc2c(F)cc(C(=O)NO)cc2CN(CC2COC2)C1. The van der Waals surface area contributed by atoms with Crippen molar-refractivity contribution in [3.63, 3.8) is 0 Å². The summed E-state index contributed by atoms with van der Waals surface area (Å²) in [6, 6.07) is 2.90. The maximum Gasteiger partial charge on any atom is 0.274 e. The Balaban J connectivity index is 1.89. The summed E-state index contributed by atoms with van der Waals surface area (Å²) in [7, 11) is 0. The molecule has 0 aromatic heterocycles. The van der Waals surface area contributed by atoms with Crippen LogP contribution in [-0.4, -0.2) is 53.8 Å². The normalized spacial score (nSPS) is 22.1. The van der Waals surface area contributed by atoms with Crippen molar-refractivity contribution in [1.82, 2.24) is 10.4 Å². The summed E-state index contributed by atoms with van der Waals surface area (Å²) in [5, 5.41) is 9.10. The number of nitrogens with zero attached hydrogens (tertiary/aromatic N) is 1. The molecule has 0 radical (unpaired) electrons. The summed E-state index contributed by atoms with van der Waals surface area (Å²) in [4.78, 5) is 13.9. The molecule has 1 aromatic rings. The van der Waals surface area contributed by atoms with E-state index in [4.69, 9.17) is 9.94 Å². The molecule has 2 aliphatic rings. The van der Waals surface area contributed by atoms with Crippen LogP contribution in [0.15, 0.2) is 12.1 Å². The van der Waals surface area contributed by atoms with Gasteiger partial charge in [-0.25, -0.2) is 9.87 Å². The highest BCUT2D eigenvalue weighted by Gasteiger charge is 2.28. The number of nitrogens with one attached hydrogen (secondary N) is 1. The monoisotopic (exact) mass is 340 g/mol. The third-order valence-electron chi connectivity index (χ3n) is 4.50. The van der Waals surface area contributed by atoms with Crippen LogP contribution in [0.2, 0.25) is 0 Å². The third-order valence-corrected chi connectivity index (χ3v) is 5.48. The Hall–Kier alpha value is -1.15. The van der Waals surface area contributed by atoms with E-state index in [1.54, 1.807) is 23.3 Å². The number of thioether (sulfide) groups is 1. The molecule has 1 amide bonds. The van der Waals surface area contributed by atoms with Gasteiger partial charge in [-0.1, -0.05) is 0 Å². The molecule has 1 fully saturated rings. The predicted octanol–water partition coefficient (Wildman–Crippen LogP) is 1.68. The molecule has 5 nitrogen and oxygen atoms in total. The second-order valence-corrected chi connectivity index (χ2v) is 7.33. The lowest BCUT2D eigenvalue weighted by atomic mass is 9.99. The van der Waals surface area contributed by atoms with E-state index in [0.717, 1.165) is 31.9 Å². The summed E-state index contributed by atoms with van der Waals surface area (Å²) >= 11 is 1.74. The number of benzene rings is 1. The van der Waals surface area contributed by atoms with Gasteiger partial charge in [0.25, 0.3) is 5.91 Å². The van der Waals surface area contributed by atoms with E-state index < -0.39 is 5.91 Å². The van der Waals surface area contributed by atoms with Gasteiger partial charge in [-0.2, -0.15) is 11.8 Å². The topological polar surface area (TPSA) is 61.8 Å². The number of ether oxygens (including phenoxy) is 1. The molecule has 3 rings (SSSR count). The molecule has 0 spiro atoms. The fourth-order valence-corrected chi connectivity index (χ4v) is 3.89. The number of fused-ring (bicyclic) bond motifs is 1. The number of hydroxylamine groups is 1. The summed E-state index contributed by atoms with van der Waals surface area (Å²) in [6.45, 7) is 4.01. The zero-order valence-electron chi connectivity index (χ0n) is 13.0. The molecule has 2 aliphatic heterocycles. The van der Waals surface area contributed by atoms with Gasteiger partial charge in [0.05, 0.1) is 13.2 Å². The highest BCUT2D eigenvalue weighted by atomic mass is 32.2. The molecular weight excluding hydrogens is 319 g/mol. The van der Waals surface area contributed by atoms with Crippen LogP contribution in [0.1, 0.15) is 21.5 Å². The van der Waals surface area contributed by atoms with Crippen molar-refractivity contribution >= 4 is 17.7 Å². The van der Waals surface area contributed by atoms with Crippen molar-refractivity contribution in [3.8, 4) is 0 Å². The summed E-state index contributed by atoms with van der Waals surface area (Å²) in [6.07, 6.45) is 2.70. The number of amides is 1. The molecule has 7 heteroatoms. The minimum atomic E-state index is -0.684. The second-order valence-electron chi connectivity index (χ2n) is 6.20. The molecule has 1 unspecified atom stereocenters. The smallest absolute Gasteiger partial charge is 0.274 e. The summed E-state index contributed by atoms with van der Waals surface area (Å²) in [5.41, 5.74) is 3.24. The van der Waals surface area contributed by atoms with E-state index in [9.17, 15) is 9.18 Å². The van der Waals surface area contributed by atoms with Crippen LogP contribution >= 0.6 is 11.8 Å². The first-order chi connectivity index (χ1) is 11.1. The highest BCUT2D eigenvalue weighted by Crippen LogP contribution is 2.28. The Kier molecular flexibility index (Phi) is 5.21.